The molecule has 6 heteroatoms. The quantitative estimate of drug-likeness (QED) is 0.651. The summed E-state index contributed by atoms with van der Waals surface area (Å²) >= 11 is 0. The van der Waals surface area contributed by atoms with Crippen LogP contribution in [-0.2, 0) is 23.1 Å². The Bertz CT molecular complexity index is 419. The number of hydrogen-bond acceptors (Lipinski definition) is 5. The zero-order valence-corrected chi connectivity index (χ0v) is 11.6. The lowest BCUT2D eigenvalue weighted by Gasteiger charge is -2.23. The lowest BCUT2D eigenvalue weighted by atomic mass is 9.95. The van der Waals surface area contributed by atoms with Crippen molar-refractivity contribution in [1.29, 1.82) is 0 Å². The van der Waals surface area contributed by atoms with Gasteiger partial charge >= 0.3 is 5.97 Å². The number of rotatable bonds is 4. The molecule has 1 N–H and O–H groups in total. The van der Waals surface area contributed by atoms with Crippen LogP contribution in [0.3, 0.4) is 0 Å². The molecule has 1 saturated carbocycles. The molecule has 1 aromatic heterocycles. The number of carbonyl (C=O) groups excluding carboxylic acids is 1. The fraction of sp³-hybridized carbons (Fsp3) is 0.769. The van der Waals surface area contributed by atoms with E-state index in [-0.39, 0.29) is 17.9 Å². The zero-order valence-electron chi connectivity index (χ0n) is 11.6. The molecule has 6 nitrogen and oxygen atoms in total. The second kappa shape index (κ2) is 6.65. The molecule has 19 heavy (non-hydrogen) atoms. The van der Waals surface area contributed by atoms with Crippen LogP contribution < -0.4 is 5.32 Å². The molecule has 2 rings (SSSR count). The minimum Gasteiger partial charge on any atom is -0.469 e. The van der Waals surface area contributed by atoms with E-state index < -0.39 is 0 Å². The highest BCUT2D eigenvalue weighted by atomic mass is 16.5. The van der Waals surface area contributed by atoms with Crippen molar-refractivity contribution in [3.05, 3.63) is 12.2 Å². The van der Waals surface area contributed by atoms with Gasteiger partial charge in [-0.3, -0.25) is 4.79 Å². The fourth-order valence-corrected chi connectivity index (χ4v) is 2.68. The third kappa shape index (κ3) is 3.53. The van der Waals surface area contributed by atoms with Crippen molar-refractivity contribution in [2.24, 2.45) is 13.0 Å². The van der Waals surface area contributed by atoms with Crippen LogP contribution in [0.25, 0.3) is 0 Å². The van der Waals surface area contributed by atoms with Crippen molar-refractivity contribution in [2.75, 3.05) is 7.11 Å². The SMILES string of the molecule is COC(=O)[C@H]1CCCCC[C@H]1NCc1nncn1C. The first-order valence-corrected chi connectivity index (χ1v) is 6.86. The summed E-state index contributed by atoms with van der Waals surface area (Å²) in [5, 5.41) is 11.3. The van der Waals surface area contributed by atoms with Crippen LogP contribution in [0.4, 0.5) is 0 Å². The summed E-state index contributed by atoms with van der Waals surface area (Å²) in [5.41, 5.74) is 0. The molecule has 2 atom stereocenters. The van der Waals surface area contributed by atoms with Crippen molar-refractivity contribution < 1.29 is 9.53 Å². The van der Waals surface area contributed by atoms with Gasteiger partial charge in [-0.05, 0) is 12.8 Å². The number of aryl methyl sites for hydroxylation is 1. The van der Waals surface area contributed by atoms with Crippen molar-refractivity contribution in [1.82, 2.24) is 20.1 Å². The number of nitrogens with zero attached hydrogens (tertiary/aromatic N) is 3. The molecule has 0 bridgehead atoms. The molecule has 0 aromatic carbocycles. The Morgan fingerprint density at radius 1 is 1.47 bits per heavy atom. The number of hydrogen-bond donors (Lipinski definition) is 1. The highest BCUT2D eigenvalue weighted by Gasteiger charge is 2.30. The number of esters is 1. The van der Waals surface area contributed by atoms with Crippen LogP contribution >= 0.6 is 0 Å². The Morgan fingerprint density at radius 3 is 2.95 bits per heavy atom. The summed E-state index contributed by atoms with van der Waals surface area (Å²) in [6, 6.07) is 0.173. The number of methoxy groups -OCH3 is 1. The van der Waals surface area contributed by atoms with Crippen molar-refractivity contribution in [3.8, 4) is 0 Å². The molecule has 1 fully saturated rings. The fourth-order valence-electron chi connectivity index (χ4n) is 2.68. The van der Waals surface area contributed by atoms with E-state index in [9.17, 15) is 4.79 Å². The van der Waals surface area contributed by atoms with E-state index in [2.05, 4.69) is 15.5 Å². The maximum atomic E-state index is 11.9. The minimum atomic E-state index is -0.0997. The molecule has 1 aliphatic rings. The summed E-state index contributed by atoms with van der Waals surface area (Å²) in [6.07, 6.45) is 7.05. The molecular formula is C13H22N4O2. The second-order valence-electron chi connectivity index (χ2n) is 5.11. The molecule has 1 aromatic rings. The van der Waals surface area contributed by atoms with Crippen LogP contribution in [0.2, 0.25) is 0 Å². The van der Waals surface area contributed by atoms with E-state index in [1.54, 1.807) is 6.33 Å². The van der Waals surface area contributed by atoms with Crippen LogP contribution in [0.5, 0.6) is 0 Å². The third-order valence-electron chi connectivity index (χ3n) is 3.85. The number of nitrogens with one attached hydrogen (secondary N) is 1. The van der Waals surface area contributed by atoms with E-state index >= 15 is 0 Å². The Hall–Kier alpha value is -1.43. The molecule has 0 unspecified atom stereocenters. The topological polar surface area (TPSA) is 69.0 Å². The molecule has 106 valence electrons. The van der Waals surface area contributed by atoms with Crippen LogP contribution in [0, 0.1) is 5.92 Å². The lowest BCUT2D eigenvalue weighted by molar-refractivity contribution is -0.146. The van der Waals surface area contributed by atoms with Crippen molar-refractivity contribution in [3.63, 3.8) is 0 Å². The molecule has 0 amide bonds. The summed E-state index contributed by atoms with van der Waals surface area (Å²) in [7, 11) is 3.38. The predicted octanol–water partition coefficient (Wildman–Crippen LogP) is 1.03. The summed E-state index contributed by atoms with van der Waals surface area (Å²) in [4.78, 5) is 11.9. The van der Waals surface area contributed by atoms with Gasteiger partial charge < -0.3 is 14.6 Å². The molecule has 1 aliphatic carbocycles. The molecule has 0 radical (unpaired) electrons. The van der Waals surface area contributed by atoms with Gasteiger partial charge in [0.05, 0.1) is 19.6 Å². The Morgan fingerprint density at radius 2 is 2.26 bits per heavy atom. The Labute approximate surface area is 113 Å². The standard InChI is InChI=1S/C13H22N4O2/c1-17-9-15-16-12(17)8-14-11-7-5-3-4-6-10(11)13(18)19-2/h9-11,14H,3-8H2,1-2H3/t10-,11+/m0/s1. The first-order valence-electron chi connectivity index (χ1n) is 6.86. The number of ether oxygens (including phenoxy) is 1. The zero-order chi connectivity index (χ0) is 13.7. The lowest BCUT2D eigenvalue weighted by Crippen LogP contribution is -2.40. The first-order chi connectivity index (χ1) is 9.22. The van der Waals surface area contributed by atoms with Gasteiger partial charge in [-0.15, -0.1) is 10.2 Å². The highest BCUT2D eigenvalue weighted by Crippen LogP contribution is 2.24. The van der Waals surface area contributed by atoms with E-state index in [1.165, 1.54) is 13.5 Å². The Kier molecular flexibility index (Phi) is 4.90. The van der Waals surface area contributed by atoms with Gasteiger partial charge in [-0.2, -0.15) is 0 Å². The van der Waals surface area contributed by atoms with E-state index in [0.717, 1.165) is 31.5 Å². The molecular weight excluding hydrogens is 244 g/mol. The van der Waals surface area contributed by atoms with Crippen molar-refractivity contribution in [2.45, 2.75) is 44.7 Å². The largest absolute Gasteiger partial charge is 0.469 e. The third-order valence-corrected chi connectivity index (χ3v) is 3.85. The van der Waals surface area contributed by atoms with Gasteiger partial charge in [0.2, 0.25) is 0 Å². The Balaban J connectivity index is 1.98. The van der Waals surface area contributed by atoms with E-state index in [0.29, 0.717) is 6.54 Å². The van der Waals surface area contributed by atoms with Gasteiger partial charge in [-0.1, -0.05) is 19.3 Å². The highest BCUT2D eigenvalue weighted by molar-refractivity contribution is 5.73. The van der Waals surface area contributed by atoms with E-state index in [4.69, 9.17) is 4.74 Å². The van der Waals surface area contributed by atoms with Gasteiger partial charge in [0.15, 0.2) is 0 Å². The summed E-state index contributed by atoms with van der Waals surface area (Å²) in [5.74, 6) is 0.742. The normalized spacial score (nSPS) is 23.9. The average molecular weight is 266 g/mol. The number of aromatic nitrogens is 3. The smallest absolute Gasteiger partial charge is 0.310 e. The molecule has 0 saturated heterocycles. The average Bonchev–Trinajstić information content (AvgIpc) is 2.69. The van der Waals surface area contributed by atoms with Gasteiger partial charge in [0.25, 0.3) is 0 Å². The summed E-state index contributed by atoms with van der Waals surface area (Å²) in [6.45, 7) is 0.634. The van der Waals surface area contributed by atoms with Gasteiger partial charge in [-0.25, -0.2) is 0 Å². The van der Waals surface area contributed by atoms with Crippen LogP contribution in [0.1, 0.15) is 37.9 Å². The van der Waals surface area contributed by atoms with Crippen LogP contribution in [-0.4, -0.2) is 33.9 Å². The van der Waals surface area contributed by atoms with Gasteiger partial charge in [0, 0.05) is 13.1 Å². The predicted molar refractivity (Wildman–Crippen MR) is 70.2 cm³/mol. The summed E-state index contributed by atoms with van der Waals surface area (Å²) < 4.78 is 6.81. The van der Waals surface area contributed by atoms with Gasteiger partial charge in [0.1, 0.15) is 12.2 Å². The molecule has 0 aliphatic heterocycles. The molecule has 1 heterocycles. The monoisotopic (exact) mass is 266 g/mol. The first kappa shape index (κ1) is 14.0. The van der Waals surface area contributed by atoms with Crippen LogP contribution in [0.15, 0.2) is 6.33 Å². The maximum Gasteiger partial charge on any atom is 0.310 e. The van der Waals surface area contributed by atoms with Crippen molar-refractivity contribution >= 4 is 5.97 Å². The van der Waals surface area contributed by atoms with E-state index in [1.807, 2.05) is 11.6 Å². The molecule has 0 spiro atoms. The maximum absolute atomic E-state index is 11.9. The number of carbonyl (C=O) groups is 1. The second-order valence-corrected chi connectivity index (χ2v) is 5.11. The minimum absolute atomic E-state index is 0.0410.